The van der Waals surface area contributed by atoms with Crippen LogP contribution in [0.3, 0.4) is 0 Å². The van der Waals surface area contributed by atoms with Gasteiger partial charge in [0.15, 0.2) is 0 Å². The molecule has 0 aromatic carbocycles. The van der Waals surface area contributed by atoms with Crippen LogP contribution in [0.1, 0.15) is 51.3 Å². The molecule has 1 aromatic rings. The highest BCUT2D eigenvalue weighted by Gasteiger charge is 2.37. The van der Waals surface area contributed by atoms with Crippen molar-refractivity contribution < 1.29 is 9.90 Å². The Morgan fingerprint density at radius 1 is 1.32 bits per heavy atom. The maximum absolute atomic E-state index is 11.3. The topological polar surface area (TPSA) is 92.6 Å². The SMILES string of the molecule is CC(C)(C)N(C(=O)O)[C@H]1CCCC[C@H]1N.Cc1ccc(N)s1. The van der Waals surface area contributed by atoms with Gasteiger partial charge < -0.3 is 16.6 Å². The third-order valence-electron chi connectivity index (χ3n) is 3.80. The van der Waals surface area contributed by atoms with E-state index in [9.17, 15) is 9.90 Å². The molecule has 1 amide bonds. The quantitative estimate of drug-likeness (QED) is 0.733. The third-order valence-corrected chi connectivity index (χ3v) is 4.63. The molecule has 0 bridgehead atoms. The van der Waals surface area contributed by atoms with E-state index in [4.69, 9.17) is 11.5 Å². The molecule has 2 atom stereocenters. The van der Waals surface area contributed by atoms with Crippen LogP contribution < -0.4 is 11.5 Å². The first kappa shape index (κ1) is 18.8. The summed E-state index contributed by atoms with van der Waals surface area (Å²) in [6, 6.07) is 3.91. The van der Waals surface area contributed by atoms with Crippen molar-refractivity contribution in [1.29, 1.82) is 0 Å². The van der Waals surface area contributed by atoms with E-state index in [-0.39, 0.29) is 17.6 Å². The molecule has 5 N–H and O–H groups in total. The van der Waals surface area contributed by atoms with Crippen LogP contribution in [0.25, 0.3) is 0 Å². The zero-order valence-electron chi connectivity index (χ0n) is 14.0. The molecule has 1 saturated carbocycles. The van der Waals surface area contributed by atoms with Crippen molar-refractivity contribution in [1.82, 2.24) is 4.90 Å². The van der Waals surface area contributed by atoms with Crippen LogP contribution >= 0.6 is 11.3 Å². The number of hydrogen-bond acceptors (Lipinski definition) is 4. The number of rotatable bonds is 1. The van der Waals surface area contributed by atoms with E-state index in [2.05, 4.69) is 0 Å². The number of carboxylic acid groups (broad SMARTS) is 1. The monoisotopic (exact) mass is 327 g/mol. The molecule has 0 aliphatic heterocycles. The summed E-state index contributed by atoms with van der Waals surface area (Å²) in [7, 11) is 0. The molecule has 1 heterocycles. The first-order chi connectivity index (χ1) is 10.1. The molecule has 2 rings (SSSR count). The molecule has 1 aliphatic rings. The zero-order chi connectivity index (χ0) is 16.9. The number of carbonyl (C=O) groups is 1. The number of anilines is 1. The maximum Gasteiger partial charge on any atom is 0.408 e. The van der Waals surface area contributed by atoms with Crippen molar-refractivity contribution in [3.63, 3.8) is 0 Å². The van der Waals surface area contributed by atoms with Gasteiger partial charge in [0, 0.05) is 16.5 Å². The number of nitrogen functional groups attached to an aromatic ring is 1. The molecule has 1 fully saturated rings. The maximum atomic E-state index is 11.3. The Morgan fingerprint density at radius 3 is 2.23 bits per heavy atom. The highest BCUT2D eigenvalue weighted by molar-refractivity contribution is 7.15. The second-order valence-electron chi connectivity index (χ2n) is 6.79. The molecule has 5 nitrogen and oxygen atoms in total. The summed E-state index contributed by atoms with van der Waals surface area (Å²) in [4.78, 5) is 14.1. The molecular formula is C16H29N3O2S. The molecular weight excluding hydrogens is 298 g/mol. The molecule has 6 heteroatoms. The van der Waals surface area contributed by atoms with Crippen LogP contribution in [0, 0.1) is 6.92 Å². The van der Waals surface area contributed by atoms with Crippen molar-refractivity contribution in [3.8, 4) is 0 Å². The van der Waals surface area contributed by atoms with Gasteiger partial charge >= 0.3 is 6.09 Å². The number of nitrogens with two attached hydrogens (primary N) is 2. The highest BCUT2D eigenvalue weighted by Crippen LogP contribution is 2.27. The molecule has 0 unspecified atom stereocenters. The predicted octanol–water partition coefficient (Wildman–Crippen LogP) is 3.67. The average Bonchev–Trinajstić information content (AvgIpc) is 2.74. The van der Waals surface area contributed by atoms with Gasteiger partial charge in [-0.3, -0.25) is 4.90 Å². The van der Waals surface area contributed by atoms with Crippen LogP contribution in [-0.4, -0.2) is 33.7 Å². The fourth-order valence-electron chi connectivity index (χ4n) is 2.84. The molecule has 126 valence electrons. The summed E-state index contributed by atoms with van der Waals surface area (Å²) < 4.78 is 0. The number of nitrogens with zero attached hydrogens (tertiary/aromatic N) is 1. The number of thiophene rings is 1. The lowest BCUT2D eigenvalue weighted by Crippen LogP contribution is -2.58. The lowest BCUT2D eigenvalue weighted by molar-refractivity contribution is 0.0491. The highest BCUT2D eigenvalue weighted by atomic mass is 32.1. The fourth-order valence-corrected chi connectivity index (χ4v) is 3.48. The number of aryl methyl sites for hydroxylation is 1. The van der Waals surface area contributed by atoms with E-state index < -0.39 is 6.09 Å². The molecule has 1 aliphatic carbocycles. The Morgan fingerprint density at radius 2 is 1.91 bits per heavy atom. The van der Waals surface area contributed by atoms with Crippen molar-refractivity contribution in [2.24, 2.45) is 5.73 Å². The zero-order valence-corrected chi connectivity index (χ0v) is 14.8. The Hall–Kier alpha value is -1.27. The molecule has 22 heavy (non-hydrogen) atoms. The largest absolute Gasteiger partial charge is 0.465 e. The summed E-state index contributed by atoms with van der Waals surface area (Å²) in [5, 5.41) is 10.1. The van der Waals surface area contributed by atoms with E-state index in [1.165, 1.54) is 9.78 Å². The molecule has 0 saturated heterocycles. The van der Waals surface area contributed by atoms with Gasteiger partial charge in [0.25, 0.3) is 0 Å². The van der Waals surface area contributed by atoms with Gasteiger partial charge in [0.1, 0.15) is 0 Å². The Kier molecular flexibility index (Phi) is 6.68. The van der Waals surface area contributed by atoms with E-state index in [1.54, 1.807) is 11.3 Å². The Bertz CT molecular complexity index is 465. The first-order valence-corrected chi connectivity index (χ1v) is 8.54. The van der Waals surface area contributed by atoms with Gasteiger partial charge in [0.2, 0.25) is 0 Å². The molecule has 0 spiro atoms. The smallest absolute Gasteiger partial charge is 0.408 e. The minimum atomic E-state index is -0.857. The predicted molar refractivity (Wildman–Crippen MR) is 93.3 cm³/mol. The standard InChI is InChI=1S/C11H22N2O2.C5H7NS/c1-11(2,3)13(10(14)15)9-7-5-4-6-8(9)12;1-4-2-3-5(6)7-4/h8-9H,4-7,12H2,1-3H3,(H,14,15);2-3H,6H2,1H3/t8-,9+;/m1./s1. The van der Waals surface area contributed by atoms with Gasteiger partial charge in [-0.2, -0.15) is 0 Å². The van der Waals surface area contributed by atoms with Crippen LogP contribution in [0.15, 0.2) is 12.1 Å². The summed E-state index contributed by atoms with van der Waals surface area (Å²) in [6.07, 6.45) is 3.17. The van der Waals surface area contributed by atoms with Gasteiger partial charge in [-0.1, -0.05) is 12.8 Å². The summed E-state index contributed by atoms with van der Waals surface area (Å²) in [6.45, 7) is 7.80. The number of hydrogen-bond donors (Lipinski definition) is 3. The summed E-state index contributed by atoms with van der Waals surface area (Å²) >= 11 is 1.62. The Labute approximate surface area is 137 Å². The van der Waals surface area contributed by atoms with E-state index >= 15 is 0 Å². The molecule has 0 radical (unpaired) electrons. The fraction of sp³-hybridized carbons (Fsp3) is 0.688. The van der Waals surface area contributed by atoms with E-state index in [0.717, 1.165) is 30.7 Å². The van der Waals surface area contributed by atoms with Crippen molar-refractivity contribution in [2.75, 3.05) is 5.73 Å². The van der Waals surface area contributed by atoms with Gasteiger partial charge in [0.05, 0.1) is 11.0 Å². The lowest BCUT2D eigenvalue weighted by Gasteiger charge is -2.44. The van der Waals surface area contributed by atoms with Crippen LogP contribution in [0.4, 0.5) is 9.80 Å². The minimum Gasteiger partial charge on any atom is -0.465 e. The van der Waals surface area contributed by atoms with Gasteiger partial charge in [-0.25, -0.2) is 4.79 Å². The van der Waals surface area contributed by atoms with Crippen molar-refractivity contribution >= 4 is 22.4 Å². The van der Waals surface area contributed by atoms with Crippen molar-refractivity contribution in [3.05, 3.63) is 17.0 Å². The number of amides is 1. The third kappa shape index (κ3) is 5.50. The van der Waals surface area contributed by atoms with Crippen LogP contribution in [0.5, 0.6) is 0 Å². The normalized spacial score (nSPS) is 21.7. The van der Waals surface area contributed by atoms with Crippen LogP contribution in [0.2, 0.25) is 0 Å². The van der Waals surface area contributed by atoms with Crippen LogP contribution in [-0.2, 0) is 0 Å². The van der Waals surface area contributed by atoms with Gasteiger partial charge in [-0.05, 0) is 52.7 Å². The van der Waals surface area contributed by atoms with Gasteiger partial charge in [-0.15, -0.1) is 11.3 Å². The second-order valence-corrected chi connectivity index (χ2v) is 8.11. The summed E-state index contributed by atoms with van der Waals surface area (Å²) in [5.41, 5.74) is 11.0. The van der Waals surface area contributed by atoms with Crippen molar-refractivity contribution in [2.45, 2.75) is 71.0 Å². The lowest BCUT2D eigenvalue weighted by atomic mass is 9.87. The Balaban J connectivity index is 0.000000287. The van der Waals surface area contributed by atoms with E-state index in [1.807, 2.05) is 39.8 Å². The molecule has 1 aromatic heterocycles. The first-order valence-electron chi connectivity index (χ1n) is 7.72. The minimum absolute atomic E-state index is 0.00549. The van der Waals surface area contributed by atoms with E-state index in [0.29, 0.717) is 0 Å². The average molecular weight is 327 g/mol. The summed E-state index contributed by atoms with van der Waals surface area (Å²) in [5.74, 6) is 0. The second kappa shape index (κ2) is 7.83.